The van der Waals surface area contributed by atoms with Gasteiger partial charge in [0.25, 0.3) is 0 Å². The fourth-order valence-electron chi connectivity index (χ4n) is 1.27. The Bertz CT molecular complexity index is 502. The summed E-state index contributed by atoms with van der Waals surface area (Å²) >= 11 is 3.30. The van der Waals surface area contributed by atoms with Gasteiger partial charge in [-0.25, -0.2) is 0 Å². The number of phenols is 1. The number of aldehydes is 1. The van der Waals surface area contributed by atoms with Gasteiger partial charge in [0.05, 0.1) is 5.56 Å². The average molecular weight is 267 g/mol. The Morgan fingerprint density at radius 2 is 2.07 bits per heavy atom. The molecule has 0 atom stereocenters. The smallest absolute Gasteiger partial charge is 0.185 e. The summed E-state index contributed by atoms with van der Waals surface area (Å²) in [5.41, 5.74) is 0.553. The fourth-order valence-corrected chi connectivity index (χ4v) is 1.63. The Balaban J connectivity index is 2.52. The van der Waals surface area contributed by atoms with Crippen LogP contribution in [0.15, 0.2) is 39.2 Å². The third kappa shape index (κ3) is 1.94. The second kappa shape index (κ2) is 3.90. The van der Waals surface area contributed by atoms with E-state index in [1.807, 2.05) is 0 Å². The summed E-state index contributed by atoms with van der Waals surface area (Å²) in [6.45, 7) is 0. The van der Waals surface area contributed by atoms with Crippen LogP contribution in [-0.2, 0) is 0 Å². The minimum absolute atomic E-state index is 0.116. The van der Waals surface area contributed by atoms with Crippen LogP contribution in [-0.4, -0.2) is 11.4 Å². The summed E-state index contributed by atoms with van der Waals surface area (Å²) in [4.78, 5) is 10.4. The molecule has 0 radical (unpaired) electrons. The predicted molar refractivity (Wildman–Crippen MR) is 58.9 cm³/mol. The SMILES string of the molecule is O=Cc1ccc(-c2cc(Br)ccc2O)o1. The van der Waals surface area contributed by atoms with Gasteiger partial charge in [-0.05, 0) is 30.3 Å². The standard InChI is InChI=1S/C11H7BrO3/c12-7-1-3-10(14)9(5-7)11-4-2-8(6-13)15-11/h1-6,14H. The van der Waals surface area contributed by atoms with Crippen LogP contribution in [0.2, 0.25) is 0 Å². The number of phenolic OH excluding ortho intramolecular Hbond substituents is 1. The average Bonchev–Trinajstić information content (AvgIpc) is 2.70. The zero-order valence-electron chi connectivity index (χ0n) is 7.61. The first kappa shape index (κ1) is 9.98. The van der Waals surface area contributed by atoms with Gasteiger partial charge in [-0.3, -0.25) is 4.79 Å². The van der Waals surface area contributed by atoms with Crippen LogP contribution in [0.1, 0.15) is 10.6 Å². The Hall–Kier alpha value is -1.55. The van der Waals surface area contributed by atoms with Crippen molar-refractivity contribution in [3.8, 4) is 17.1 Å². The van der Waals surface area contributed by atoms with E-state index in [2.05, 4.69) is 15.9 Å². The molecule has 0 spiro atoms. The molecular weight excluding hydrogens is 260 g/mol. The summed E-state index contributed by atoms with van der Waals surface area (Å²) < 4.78 is 6.04. The summed E-state index contributed by atoms with van der Waals surface area (Å²) in [6, 6.07) is 8.21. The molecule has 0 bridgehead atoms. The van der Waals surface area contributed by atoms with Crippen molar-refractivity contribution < 1.29 is 14.3 Å². The summed E-state index contributed by atoms with van der Waals surface area (Å²) in [7, 11) is 0. The summed E-state index contributed by atoms with van der Waals surface area (Å²) in [6.07, 6.45) is 0.624. The highest BCUT2D eigenvalue weighted by Crippen LogP contribution is 2.32. The number of rotatable bonds is 2. The Morgan fingerprint density at radius 3 is 2.73 bits per heavy atom. The molecule has 1 aromatic heterocycles. The van der Waals surface area contributed by atoms with Crippen LogP contribution >= 0.6 is 15.9 Å². The first-order valence-electron chi connectivity index (χ1n) is 4.24. The van der Waals surface area contributed by atoms with Gasteiger partial charge in [-0.15, -0.1) is 0 Å². The van der Waals surface area contributed by atoms with Crippen molar-refractivity contribution in [2.75, 3.05) is 0 Å². The predicted octanol–water partition coefficient (Wildman–Crippen LogP) is 3.23. The minimum atomic E-state index is 0.116. The molecule has 0 fully saturated rings. The van der Waals surface area contributed by atoms with Gasteiger partial charge in [-0.1, -0.05) is 15.9 Å². The number of carbonyl (C=O) groups is 1. The third-order valence-electron chi connectivity index (χ3n) is 1.97. The maximum absolute atomic E-state index is 10.4. The molecule has 76 valence electrons. The van der Waals surface area contributed by atoms with Crippen molar-refractivity contribution in [3.05, 3.63) is 40.6 Å². The topological polar surface area (TPSA) is 50.4 Å². The largest absolute Gasteiger partial charge is 0.507 e. The molecule has 4 heteroatoms. The van der Waals surface area contributed by atoms with Gasteiger partial charge in [0.1, 0.15) is 11.5 Å². The minimum Gasteiger partial charge on any atom is -0.507 e. The van der Waals surface area contributed by atoms with Crippen molar-refractivity contribution in [1.29, 1.82) is 0 Å². The third-order valence-corrected chi connectivity index (χ3v) is 2.46. The first-order valence-corrected chi connectivity index (χ1v) is 5.04. The number of carbonyl (C=O) groups excluding carboxylic acids is 1. The van der Waals surface area contributed by atoms with Crippen LogP contribution in [0.3, 0.4) is 0 Å². The second-order valence-electron chi connectivity index (χ2n) is 2.98. The Morgan fingerprint density at radius 1 is 1.27 bits per heavy atom. The molecule has 1 heterocycles. The maximum atomic E-state index is 10.4. The number of halogens is 1. The normalized spacial score (nSPS) is 10.2. The number of aromatic hydroxyl groups is 1. The van der Waals surface area contributed by atoms with Crippen LogP contribution in [0.25, 0.3) is 11.3 Å². The van der Waals surface area contributed by atoms with Gasteiger partial charge < -0.3 is 9.52 Å². The molecule has 0 unspecified atom stereocenters. The van der Waals surface area contributed by atoms with Gasteiger partial charge in [-0.2, -0.15) is 0 Å². The molecule has 0 aliphatic rings. The van der Waals surface area contributed by atoms with Crippen LogP contribution in [0.4, 0.5) is 0 Å². The highest BCUT2D eigenvalue weighted by atomic mass is 79.9. The lowest BCUT2D eigenvalue weighted by atomic mass is 10.1. The van der Waals surface area contributed by atoms with Crippen molar-refractivity contribution >= 4 is 22.2 Å². The lowest BCUT2D eigenvalue weighted by Gasteiger charge is -2.01. The molecule has 0 amide bonds. The zero-order chi connectivity index (χ0) is 10.8. The van der Waals surface area contributed by atoms with E-state index in [1.165, 1.54) is 0 Å². The fraction of sp³-hybridized carbons (Fsp3) is 0. The van der Waals surface area contributed by atoms with Crippen molar-refractivity contribution in [2.45, 2.75) is 0 Å². The molecule has 2 aromatic rings. The highest BCUT2D eigenvalue weighted by molar-refractivity contribution is 9.10. The molecule has 0 aliphatic heterocycles. The van der Waals surface area contributed by atoms with Crippen molar-refractivity contribution in [1.82, 2.24) is 0 Å². The molecule has 1 aromatic carbocycles. The molecule has 2 rings (SSSR count). The van der Waals surface area contributed by atoms with Gasteiger partial charge in [0.15, 0.2) is 12.0 Å². The van der Waals surface area contributed by atoms with E-state index in [1.54, 1.807) is 30.3 Å². The van der Waals surface area contributed by atoms with Crippen LogP contribution in [0.5, 0.6) is 5.75 Å². The van der Waals surface area contributed by atoms with Crippen molar-refractivity contribution in [3.63, 3.8) is 0 Å². The van der Waals surface area contributed by atoms with Crippen LogP contribution in [0, 0.1) is 0 Å². The highest BCUT2D eigenvalue weighted by Gasteiger charge is 2.09. The van der Waals surface area contributed by atoms with E-state index in [9.17, 15) is 9.90 Å². The lowest BCUT2D eigenvalue weighted by Crippen LogP contribution is -1.76. The van der Waals surface area contributed by atoms with E-state index in [4.69, 9.17) is 4.42 Å². The number of hydrogen-bond donors (Lipinski definition) is 1. The molecule has 3 nitrogen and oxygen atoms in total. The summed E-state index contributed by atoms with van der Waals surface area (Å²) in [5.74, 6) is 0.824. The van der Waals surface area contributed by atoms with E-state index in [0.29, 0.717) is 17.6 Å². The first-order chi connectivity index (χ1) is 7.20. The Labute approximate surface area is 94.5 Å². The lowest BCUT2D eigenvalue weighted by molar-refractivity contribution is 0.110. The molecule has 0 aliphatic carbocycles. The molecule has 0 saturated carbocycles. The molecular formula is C11H7BrO3. The van der Waals surface area contributed by atoms with E-state index >= 15 is 0 Å². The molecule has 15 heavy (non-hydrogen) atoms. The van der Waals surface area contributed by atoms with E-state index < -0.39 is 0 Å². The van der Waals surface area contributed by atoms with Gasteiger partial charge >= 0.3 is 0 Å². The van der Waals surface area contributed by atoms with Gasteiger partial charge in [0, 0.05) is 4.47 Å². The number of hydrogen-bond acceptors (Lipinski definition) is 3. The second-order valence-corrected chi connectivity index (χ2v) is 3.90. The molecule has 1 N–H and O–H groups in total. The van der Waals surface area contributed by atoms with Crippen molar-refractivity contribution in [2.24, 2.45) is 0 Å². The van der Waals surface area contributed by atoms with Crippen LogP contribution < -0.4 is 0 Å². The number of furan rings is 1. The van der Waals surface area contributed by atoms with Gasteiger partial charge in [0.2, 0.25) is 0 Å². The molecule has 0 saturated heterocycles. The number of benzene rings is 1. The van der Waals surface area contributed by atoms with E-state index in [0.717, 1.165) is 4.47 Å². The monoisotopic (exact) mass is 266 g/mol. The Kier molecular flexibility index (Phi) is 2.60. The quantitative estimate of drug-likeness (QED) is 0.850. The zero-order valence-corrected chi connectivity index (χ0v) is 9.19. The summed E-state index contributed by atoms with van der Waals surface area (Å²) in [5, 5.41) is 9.60. The maximum Gasteiger partial charge on any atom is 0.185 e. The van der Waals surface area contributed by atoms with E-state index in [-0.39, 0.29) is 11.5 Å².